The summed E-state index contributed by atoms with van der Waals surface area (Å²) in [4.78, 5) is 0. The topological polar surface area (TPSA) is 58.2 Å². The number of sulfonamides is 1. The van der Waals surface area contributed by atoms with E-state index >= 15 is 0 Å². The molecule has 0 heterocycles. The first-order valence-corrected chi connectivity index (χ1v) is 11.7. The maximum atomic E-state index is 12.0. The van der Waals surface area contributed by atoms with Gasteiger partial charge in [0.05, 0.1) is 5.25 Å². The Morgan fingerprint density at radius 3 is 2.46 bits per heavy atom. The molecule has 0 amide bonds. The molecule has 1 atom stereocenters. The molecule has 146 valence electrons. The van der Waals surface area contributed by atoms with Gasteiger partial charge in [0.15, 0.2) is 0 Å². The molecule has 0 aromatic heterocycles. The number of anilines is 1. The lowest BCUT2D eigenvalue weighted by molar-refractivity contribution is 0.323. The van der Waals surface area contributed by atoms with Gasteiger partial charge in [-0.05, 0) is 100.0 Å². The fourth-order valence-electron chi connectivity index (χ4n) is 4.52. The van der Waals surface area contributed by atoms with Crippen molar-refractivity contribution in [3.8, 4) is 0 Å². The van der Waals surface area contributed by atoms with Crippen LogP contribution in [-0.2, 0) is 16.4 Å². The molecule has 1 aromatic rings. The molecular weight excluding hydrogens is 344 g/mol. The molecule has 2 N–H and O–H groups in total. The predicted octanol–water partition coefficient (Wildman–Crippen LogP) is 4.34. The Labute approximate surface area is 159 Å². The van der Waals surface area contributed by atoms with E-state index in [4.69, 9.17) is 0 Å². The summed E-state index contributed by atoms with van der Waals surface area (Å²) in [6.07, 6.45) is 6.53. The second-order valence-corrected chi connectivity index (χ2v) is 10.9. The summed E-state index contributed by atoms with van der Waals surface area (Å²) in [6.45, 7) is 9.02. The first kappa shape index (κ1) is 19.7. The quantitative estimate of drug-likeness (QED) is 0.774. The lowest BCUT2D eigenvalue weighted by atomic mass is 9.86. The molecule has 26 heavy (non-hydrogen) atoms. The largest absolute Gasteiger partial charge is 0.385 e. The second kappa shape index (κ2) is 7.89. The minimum Gasteiger partial charge on any atom is -0.385 e. The number of rotatable bonds is 6. The maximum absolute atomic E-state index is 12.0. The molecular formula is C21H34N2O2S. The van der Waals surface area contributed by atoms with E-state index in [0.717, 1.165) is 32.2 Å². The Morgan fingerprint density at radius 2 is 1.81 bits per heavy atom. The van der Waals surface area contributed by atoms with Crippen LogP contribution in [0.25, 0.3) is 0 Å². The van der Waals surface area contributed by atoms with E-state index < -0.39 is 10.0 Å². The molecule has 4 nitrogen and oxygen atoms in total. The minimum absolute atomic E-state index is 0.113. The first-order chi connectivity index (χ1) is 12.3. The fourth-order valence-corrected chi connectivity index (χ4v) is 5.49. The molecule has 0 aliphatic heterocycles. The van der Waals surface area contributed by atoms with Gasteiger partial charge in [0.25, 0.3) is 0 Å². The summed E-state index contributed by atoms with van der Waals surface area (Å²) >= 11 is 0. The number of aryl methyl sites for hydroxylation is 2. The first-order valence-electron chi connectivity index (χ1n) is 10.1. The zero-order valence-corrected chi connectivity index (χ0v) is 17.5. The SMILES string of the molecule is Cc1cc(NC[C@H]2CC[C@H](NS(=O)(=O)C(C)C)CC2)cc2c1C(C)CC2. The second-order valence-electron chi connectivity index (χ2n) is 8.62. The Hall–Kier alpha value is -1.07. The van der Waals surface area contributed by atoms with E-state index in [1.165, 1.54) is 29.7 Å². The van der Waals surface area contributed by atoms with Crippen LogP contribution in [0.3, 0.4) is 0 Å². The van der Waals surface area contributed by atoms with Crippen LogP contribution in [-0.4, -0.2) is 26.3 Å². The highest BCUT2D eigenvalue weighted by Gasteiger charge is 2.26. The number of hydrogen-bond acceptors (Lipinski definition) is 3. The van der Waals surface area contributed by atoms with Gasteiger partial charge in [0.2, 0.25) is 10.0 Å². The smallest absolute Gasteiger partial charge is 0.214 e. The molecule has 0 bridgehead atoms. The van der Waals surface area contributed by atoms with E-state index in [1.807, 2.05) is 0 Å². The summed E-state index contributed by atoms with van der Waals surface area (Å²) in [5, 5.41) is 3.29. The van der Waals surface area contributed by atoms with Crippen molar-refractivity contribution in [2.75, 3.05) is 11.9 Å². The highest BCUT2D eigenvalue weighted by molar-refractivity contribution is 7.90. The third-order valence-electron chi connectivity index (χ3n) is 6.21. The zero-order valence-electron chi connectivity index (χ0n) is 16.6. The molecule has 1 fully saturated rings. The molecule has 0 saturated heterocycles. The van der Waals surface area contributed by atoms with Crippen LogP contribution in [0.2, 0.25) is 0 Å². The summed E-state index contributed by atoms with van der Waals surface area (Å²) < 4.78 is 26.9. The van der Waals surface area contributed by atoms with Gasteiger partial charge in [-0.25, -0.2) is 13.1 Å². The highest BCUT2D eigenvalue weighted by Crippen LogP contribution is 2.37. The van der Waals surface area contributed by atoms with Gasteiger partial charge in [-0.2, -0.15) is 0 Å². The van der Waals surface area contributed by atoms with E-state index in [0.29, 0.717) is 11.8 Å². The monoisotopic (exact) mass is 378 g/mol. The standard InChI is InChI=1S/C21H34N2O2S/c1-14(2)26(24,25)23-19-9-6-17(7-10-19)13-22-20-11-16(4)21-15(3)5-8-18(21)12-20/h11-12,14-15,17,19,22-23H,5-10,13H2,1-4H3/t15?,17-,19-. The average molecular weight is 379 g/mol. The molecule has 3 rings (SSSR count). The zero-order chi connectivity index (χ0) is 18.9. The van der Waals surface area contributed by atoms with Crippen LogP contribution in [0.4, 0.5) is 5.69 Å². The lowest BCUT2D eigenvalue weighted by Crippen LogP contribution is -2.41. The minimum atomic E-state index is -3.15. The van der Waals surface area contributed by atoms with Gasteiger partial charge in [-0.15, -0.1) is 0 Å². The Balaban J connectivity index is 1.50. The summed E-state index contributed by atoms with van der Waals surface area (Å²) in [7, 11) is -3.15. The van der Waals surface area contributed by atoms with Gasteiger partial charge < -0.3 is 5.32 Å². The molecule has 2 aliphatic rings. The van der Waals surface area contributed by atoms with Crippen molar-refractivity contribution in [1.82, 2.24) is 4.72 Å². The third-order valence-corrected chi connectivity index (χ3v) is 8.11. The number of fused-ring (bicyclic) bond motifs is 1. The molecule has 5 heteroatoms. The molecule has 2 aliphatic carbocycles. The van der Waals surface area contributed by atoms with Gasteiger partial charge in [0, 0.05) is 18.3 Å². The maximum Gasteiger partial charge on any atom is 0.214 e. The van der Waals surface area contributed by atoms with Crippen molar-refractivity contribution >= 4 is 15.7 Å². The van der Waals surface area contributed by atoms with Crippen molar-refractivity contribution in [3.63, 3.8) is 0 Å². The highest BCUT2D eigenvalue weighted by atomic mass is 32.2. The van der Waals surface area contributed by atoms with E-state index in [1.54, 1.807) is 19.4 Å². The molecule has 1 aromatic carbocycles. The van der Waals surface area contributed by atoms with Crippen LogP contribution in [0.5, 0.6) is 0 Å². The lowest BCUT2D eigenvalue weighted by Gasteiger charge is -2.30. The normalized spacial score (nSPS) is 26.1. The molecule has 1 saturated carbocycles. The van der Waals surface area contributed by atoms with Crippen molar-refractivity contribution in [2.24, 2.45) is 5.92 Å². The van der Waals surface area contributed by atoms with Gasteiger partial charge in [-0.1, -0.05) is 6.92 Å². The summed E-state index contributed by atoms with van der Waals surface area (Å²) in [5.74, 6) is 1.33. The van der Waals surface area contributed by atoms with Crippen molar-refractivity contribution in [2.45, 2.75) is 83.4 Å². The average Bonchev–Trinajstić information content (AvgIpc) is 2.95. The number of benzene rings is 1. The number of nitrogens with one attached hydrogen (secondary N) is 2. The van der Waals surface area contributed by atoms with Crippen LogP contribution in [0, 0.1) is 12.8 Å². The Kier molecular flexibility index (Phi) is 5.97. The van der Waals surface area contributed by atoms with Crippen LogP contribution >= 0.6 is 0 Å². The number of hydrogen-bond donors (Lipinski definition) is 2. The van der Waals surface area contributed by atoms with E-state index in [-0.39, 0.29) is 11.3 Å². The predicted molar refractivity (Wildman–Crippen MR) is 109 cm³/mol. The summed E-state index contributed by atoms with van der Waals surface area (Å²) in [5.41, 5.74) is 5.75. The Morgan fingerprint density at radius 1 is 1.12 bits per heavy atom. The van der Waals surface area contributed by atoms with Crippen molar-refractivity contribution in [1.29, 1.82) is 0 Å². The third kappa shape index (κ3) is 4.42. The van der Waals surface area contributed by atoms with Gasteiger partial charge >= 0.3 is 0 Å². The van der Waals surface area contributed by atoms with Gasteiger partial charge in [0.1, 0.15) is 0 Å². The molecule has 1 unspecified atom stereocenters. The van der Waals surface area contributed by atoms with Crippen LogP contribution < -0.4 is 10.0 Å². The van der Waals surface area contributed by atoms with Crippen LogP contribution in [0.15, 0.2) is 12.1 Å². The van der Waals surface area contributed by atoms with Crippen LogP contribution in [0.1, 0.15) is 75.5 Å². The van der Waals surface area contributed by atoms with Gasteiger partial charge in [-0.3, -0.25) is 0 Å². The van der Waals surface area contributed by atoms with E-state index in [9.17, 15) is 8.42 Å². The molecule has 0 radical (unpaired) electrons. The van der Waals surface area contributed by atoms with E-state index in [2.05, 4.69) is 36.0 Å². The Bertz CT molecular complexity index is 735. The molecule has 0 spiro atoms. The van der Waals surface area contributed by atoms with Crippen molar-refractivity contribution < 1.29 is 8.42 Å². The summed E-state index contributed by atoms with van der Waals surface area (Å²) in [6, 6.07) is 4.75. The fraction of sp³-hybridized carbons (Fsp3) is 0.714. The van der Waals surface area contributed by atoms with Crippen molar-refractivity contribution in [3.05, 3.63) is 28.8 Å².